The number of hydrogen-bond donors (Lipinski definition) is 1. The summed E-state index contributed by atoms with van der Waals surface area (Å²) in [5.41, 5.74) is 0. The van der Waals surface area contributed by atoms with Crippen LogP contribution in [0.25, 0.3) is 0 Å². The molecule has 3 nitrogen and oxygen atoms in total. The fraction of sp³-hybridized carbons (Fsp3) is 0.727. The number of halogens is 1. The molecule has 0 aromatic carbocycles. The minimum absolute atomic E-state index is 0.688. The van der Waals surface area contributed by atoms with Crippen LogP contribution in [-0.2, 0) is 6.54 Å². The van der Waals surface area contributed by atoms with E-state index >= 15 is 0 Å². The van der Waals surface area contributed by atoms with Crippen molar-refractivity contribution in [2.45, 2.75) is 38.1 Å². The van der Waals surface area contributed by atoms with Crippen molar-refractivity contribution in [2.75, 3.05) is 13.6 Å². The first-order chi connectivity index (χ1) is 7.33. The first kappa shape index (κ1) is 11.1. The van der Waals surface area contributed by atoms with Gasteiger partial charge in [0.1, 0.15) is 10.4 Å². The maximum Gasteiger partial charge on any atom is 0.112 e. The van der Waals surface area contributed by atoms with E-state index in [-0.39, 0.29) is 0 Å². The summed E-state index contributed by atoms with van der Waals surface area (Å²) in [5.74, 6) is 1.96. The van der Waals surface area contributed by atoms with Gasteiger partial charge in [-0.3, -0.25) is 0 Å². The van der Waals surface area contributed by atoms with Gasteiger partial charge in [0.25, 0.3) is 0 Å². The summed E-state index contributed by atoms with van der Waals surface area (Å²) >= 11 is 3.57. The Kier molecular flexibility index (Phi) is 3.81. The van der Waals surface area contributed by atoms with E-state index in [0.717, 1.165) is 17.7 Å². The van der Waals surface area contributed by atoms with Crippen LogP contribution in [0.15, 0.2) is 10.8 Å². The molecule has 1 fully saturated rings. The molecule has 0 radical (unpaired) electrons. The van der Waals surface area contributed by atoms with Crippen LogP contribution in [0.1, 0.15) is 37.4 Å². The molecule has 4 heteroatoms. The summed E-state index contributed by atoms with van der Waals surface area (Å²) in [4.78, 5) is 4.54. The molecule has 2 rings (SSSR count). The molecule has 1 aromatic rings. The number of aromatic nitrogens is 2. The van der Waals surface area contributed by atoms with Crippen LogP contribution in [0.4, 0.5) is 0 Å². The number of likely N-dealkylation sites (N-methyl/N-ethyl adjacent to an activating group) is 1. The van der Waals surface area contributed by atoms with Gasteiger partial charge in [-0.2, -0.15) is 0 Å². The monoisotopic (exact) mass is 271 g/mol. The first-order valence-electron chi connectivity index (χ1n) is 5.68. The second-order valence-corrected chi connectivity index (χ2v) is 4.99. The van der Waals surface area contributed by atoms with Gasteiger partial charge in [0.15, 0.2) is 0 Å². The van der Waals surface area contributed by atoms with Crippen LogP contribution in [0.3, 0.4) is 0 Å². The lowest BCUT2D eigenvalue weighted by molar-refractivity contribution is 0.559. The van der Waals surface area contributed by atoms with Gasteiger partial charge in [0, 0.05) is 19.0 Å². The van der Waals surface area contributed by atoms with Gasteiger partial charge in [-0.25, -0.2) is 4.98 Å². The second kappa shape index (κ2) is 5.12. The normalized spacial score (nSPS) is 17.5. The fourth-order valence-corrected chi connectivity index (χ4v) is 2.78. The molecule has 0 saturated heterocycles. The van der Waals surface area contributed by atoms with E-state index in [1.165, 1.54) is 31.5 Å². The lowest BCUT2D eigenvalue weighted by Gasteiger charge is -2.13. The van der Waals surface area contributed by atoms with E-state index < -0.39 is 0 Å². The maximum absolute atomic E-state index is 4.54. The van der Waals surface area contributed by atoms with Crippen molar-refractivity contribution in [2.24, 2.45) is 0 Å². The van der Waals surface area contributed by atoms with Crippen LogP contribution >= 0.6 is 15.9 Å². The SMILES string of the molecule is CNCCn1c(Br)cnc1C1CCCC1. The highest BCUT2D eigenvalue weighted by atomic mass is 79.9. The number of nitrogens with one attached hydrogen (secondary N) is 1. The molecule has 1 aliphatic rings. The fourth-order valence-electron chi connectivity index (χ4n) is 2.32. The Morgan fingerprint density at radius 2 is 2.27 bits per heavy atom. The van der Waals surface area contributed by atoms with E-state index in [4.69, 9.17) is 0 Å². The molecular formula is C11H18BrN3. The molecule has 1 aliphatic carbocycles. The van der Waals surface area contributed by atoms with Crippen molar-refractivity contribution < 1.29 is 0 Å². The quantitative estimate of drug-likeness (QED) is 0.912. The molecule has 0 aliphatic heterocycles. The van der Waals surface area contributed by atoms with E-state index in [1.807, 2.05) is 13.2 Å². The average Bonchev–Trinajstić information content (AvgIpc) is 2.84. The molecule has 1 saturated carbocycles. The molecule has 1 N–H and O–H groups in total. The van der Waals surface area contributed by atoms with Crippen LogP contribution in [-0.4, -0.2) is 23.1 Å². The Labute approximate surface area is 99.4 Å². The minimum Gasteiger partial charge on any atom is -0.321 e. The van der Waals surface area contributed by atoms with Crippen molar-refractivity contribution in [3.63, 3.8) is 0 Å². The van der Waals surface area contributed by atoms with Crippen LogP contribution in [0.2, 0.25) is 0 Å². The molecule has 0 spiro atoms. The number of imidazole rings is 1. The highest BCUT2D eigenvalue weighted by Gasteiger charge is 2.22. The standard InChI is InChI=1S/C11H18BrN3/c1-13-6-7-15-10(12)8-14-11(15)9-4-2-3-5-9/h8-9,13H,2-7H2,1H3. The van der Waals surface area contributed by atoms with E-state index in [0.29, 0.717) is 5.92 Å². The van der Waals surface area contributed by atoms with E-state index in [1.54, 1.807) is 0 Å². The molecule has 1 aromatic heterocycles. The summed E-state index contributed by atoms with van der Waals surface area (Å²) in [6, 6.07) is 0. The summed E-state index contributed by atoms with van der Waals surface area (Å²) in [6.45, 7) is 2.00. The van der Waals surface area contributed by atoms with E-state index in [9.17, 15) is 0 Å². The molecule has 1 heterocycles. The van der Waals surface area contributed by atoms with Crippen molar-refractivity contribution >= 4 is 15.9 Å². The number of rotatable bonds is 4. The zero-order chi connectivity index (χ0) is 10.7. The van der Waals surface area contributed by atoms with Crippen LogP contribution in [0, 0.1) is 0 Å². The van der Waals surface area contributed by atoms with Gasteiger partial charge in [-0.1, -0.05) is 12.8 Å². The van der Waals surface area contributed by atoms with Crippen LogP contribution < -0.4 is 5.32 Å². The second-order valence-electron chi connectivity index (χ2n) is 4.18. The van der Waals surface area contributed by atoms with Gasteiger partial charge in [0.2, 0.25) is 0 Å². The molecule has 0 bridgehead atoms. The summed E-state index contributed by atoms with van der Waals surface area (Å²) < 4.78 is 3.41. The smallest absolute Gasteiger partial charge is 0.112 e. The van der Waals surface area contributed by atoms with Gasteiger partial charge in [-0.15, -0.1) is 0 Å². The van der Waals surface area contributed by atoms with Crippen molar-refractivity contribution in [3.05, 3.63) is 16.6 Å². The van der Waals surface area contributed by atoms with E-state index in [2.05, 4.69) is 30.8 Å². The average molecular weight is 272 g/mol. The Morgan fingerprint density at radius 3 is 2.93 bits per heavy atom. The third kappa shape index (κ3) is 2.42. The van der Waals surface area contributed by atoms with Gasteiger partial charge in [0.05, 0.1) is 6.20 Å². The van der Waals surface area contributed by atoms with Crippen molar-refractivity contribution in [1.29, 1.82) is 0 Å². The molecule has 15 heavy (non-hydrogen) atoms. The maximum atomic E-state index is 4.54. The molecule has 0 atom stereocenters. The topological polar surface area (TPSA) is 29.9 Å². The zero-order valence-electron chi connectivity index (χ0n) is 9.17. The number of nitrogens with zero attached hydrogens (tertiary/aromatic N) is 2. The van der Waals surface area contributed by atoms with Gasteiger partial charge < -0.3 is 9.88 Å². The first-order valence-corrected chi connectivity index (χ1v) is 6.47. The third-order valence-corrected chi connectivity index (χ3v) is 3.78. The minimum atomic E-state index is 0.688. The Bertz CT molecular complexity index is 316. The lowest BCUT2D eigenvalue weighted by Crippen LogP contribution is -2.17. The lowest BCUT2D eigenvalue weighted by atomic mass is 10.1. The third-order valence-electron chi connectivity index (χ3n) is 3.14. The van der Waals surface area contributed by atoms with Gasteiger partial charge in [-0.05, 0) is 35.8 Å². The molecule has 84 valence electrons. The van der Waals surface area contributed by atoms with Crippen molar-refractivity contribution in [1.82, 2.24) is 14.9 Å². The summed E-state index contributed by atoms with van der Waals surface area (Å²) in [5, 5.41) is 3.18. The molecular weight excluding hydrogens is 254 g/mol. The number of hydrogen-bond acceptors (Lipinski definition) is 2. The summed E-state index contributed by atoms with van der Waals surface area (Å²) in [7, 11) is 1.99. The van der Waals surface area contributed by atoms with Crippen molar-refractivity contribution in [3.8, 4) is 0 Å². The Hall–Kier alpha value is -0.350. The predicted octanol–water partition coefficient (Wildman–Crippen LogP) is 2.52. The molecule has 0 unspecified atom stereocenters. The Morgan fingerprint density at radius 1 is 1.53 bits per heavy atom. The largest absolute Gasteiger partial charge is 0.321 e. The molecule has 0 amide bonds. The highest BCUT2D eigenvalue weighted by Crippen LogP contribution is 2.34. The summed E-state index contributed by atoms with van der Waals surface area (Å²) in [6.07, 6.45) is 7.28. The predicted molar refractivity (Wildman–Crippen MR) is 65.1 cm³/mol. The van der Waals surface area contributed by atoms with Gasteiger partial charge >= 0.3 is 0 Å². The van der Waals surface area contributed by atoms with Crippen LogP contribution in [0.5, 0.6) is 0 Å². The Balaban J connectivity index is 2.14. The zero-order valence-corrected chi connectivity index (χ0v) is 10.8. The highest BCUT2D eigenvalue weighted by molar-refractivity contribution is 9.10.